The van der Waals surface area contributed by atoms with E-state index in [1.807, 2.05) is 20.9 Å². The average Bonchev–Trinajstić information content (AvgIpc) is 2.70. The molecule has 0 aliphatic carbocycles. The first-order valence-corrected chi connectivity index (χ1v) is 7.10. The van der Waals surface area contributed by atoms with Crippen LogP contribution in [0.15, 0.2) is 6.08 Å². The minimum Gasteiger partial charge on any atom is -0.481 e. The first-order valence-electron chi connectivity index (χ1n) is 7.10. The van der Waals surface area contributed by atoms with Crippen LogP contribution in [0.4, 0.5) is 0 Å². The number of rotatable bonds is 3. The van der Waals surface area contributed by atoms with Crippen molar-refractivity contribution in [3.63, 3.8) is 0 Å². The van der Waals surface area contributed by atoms with E-state index < -0.39 is 11.9 Å². The summed E-state index contributed by atoms with van der Waals surface area (Å²) in [5, 5.41) is 13.4. The lowest BCUT2D eigenvalue weighted by molar-refractivity contribution is -0.144. The lowest BCUT2D eigenvalue weighted by Gasteiger charge is -2.29. The third-order valence-electron chi connectivity index (χ3n) is 4.04. The Balaban J connectivity index is 2.07. The summed E-state index contributed by atoms with van der Waals surface area (Å²) in [7, 11) is 1.86. The molecule has 0 radical (unpaired) electrons. The quantitative estimate of drug-likeness (QED) is 0.854. The van der Waals surface area contributed by atoms with Crippen molar-refractivity contribution in [3.8, 4) is 0 Å². The van der Waals surface area contributed by atoms with Gasteiger partial charge in [0.1, 0.15) is 0 Å². The van der Waals surface area contributed by atoms with Gasteiger partial charge in [-0.1, -0.05) is 0 Å². The highest BCUT2D eigenvalue weighted by Gasteiger charge is 2.27. The number of likely N-dealkylation sites (tertiary alicyclic amines) is 1. The number of nitrogens with zero attached hydrogens (tertiary/aromatic N) is 3. The Morgan fingerprint density at radius 3 is 2.67 bits per heavy atom. The average molecular weight is 291 g/mol. The van der Waals surface area contributed by atoms with Gasteiger partial charge in [0.15, 0.2) is 0 Å². The normalized spacial score (nSPS) is 19.2. The molecule has 1 saturated heterocycles. The zero-order valence-electron chi connectivity index (χ0n) is 12.7. The van der Waals surface area contributed by atoms with Crippen molar-refractivity contribution in [1.82, 2.24) is 14.7 Å². The Morgan fingerprint density at radius 1 is 1.38 bits per heavy atom. The summed E-state index contributed by atoms with van der Waals surface area (Å²) >= 11 is 0. The van der Waals surface area contributed by atoms with Crippen molar-refractivity contribution >= 4 is 18.0 Å². The molecule has 1 aromatic rings. The zero-order chi connectivity index (χ0) is 15.6. The van der Waals surface area contributed by atoms with Crippen molar-refractivity contribution in [2.75, 3.05) is 13.1 Å². The van der Waals surface area contributed by atoms with Crippen LogP contribution < -0.4 is 0 Å². The Morgan fingerprint density at radius 2 is 2.10 bits per heavy atom. The Bertz CT molecular complexity index is 589. The van der Waals surface area contributed by atoms with Gasteiger partial charge in [0.05, 0.1) is 11.6 Å². The number of amides is 1. The second kappa shape index (κ2) is 6.11. The zero-order valence-corrected chi connectivity index (χ0v) is 12.7. The van der Waals surface area contributed by atoms with Gasteiger partial charge in [-0.2, -0.15) is 5.10 Å². The molecule has 2 rings (SSSR count). The summed E-state index contributed by atoms with van der Waals surface area (Å²) in [5.41, 5.74) is 2.82. The van der Waals surface area contributed by atoms with Crippen molar-refractivity contribution in [3.05, 3.63) is 23.0 Å². The van der Waals surface area contributed by atoms with E-state index in [1.165, 1.54) is 6.08 Å². The van der Waals surface area contributed by atoms with Gasteiger partial charge >= 0.3 is 5.97 Å². The van der Waals surface area contributed by atoms with Crippen LogP contribution in [-0.2, 0) is 16.6 Å². The number of hydrogen-bond donors (Lipinski definition) is 1. The Kier molecular flexibility index (Phi) is 4.45. The molecule has 0 saturated carbocycles. The van der Waals surface area contributed by atoms with Gasteiger partial charge in [0, 0.05) is 37.5 Å². The van der Waals surface area contributed by atoms with Crippen LogP contribution in [0.5, 0.6) is 0 Å². The second-order valence-electron chi connectivity index (χ2n) is 5.50. The van der Waals surface area contributed by atoms with E-state index in [0.29, 0.717) is 19.5 Å². The van der Waals surface area contributed by atoms with Gasteiger partial charge < -0.3 is 10.0 Å². The van der Waals surface area contributed by atoms with Crippen LogP contribution in [0.2, 0.25) is 0 Å². The van der Waals surface area contributed by atoms with Crippen LogP contribution in [0, 0.1) is 19.8 Å². The van der Waals surface area contributed by atoms with E-state index in [0.717, 1.165) is 23.4 Å². The molecule has 1 N–H and O–H groups in total. The number of aryl methyl sites for hydroxylation is 2. The van der Waals surface area contributed by atoms with Gasteiger partial charge in [0.25, 0.3) is 0 Å². The number of carboxylic acid groups (broad SMARTS) is 1. The van der Waals surface area contributed by atoms with E-state index >= 15 is 0 Å². The fourth-order valence-corrected chi connectivity index (χ4v) is 2.67. The SMILES string of the molecule is Cc1nn(C)c(C)c1/C=C/C(=O)N1CCC[C@@H](C(=O)O)C1. The first kappa shape index (κ1) is 15.3. The molecule has 0 unspecified atom stereocenters. The van der Waals surface area contributed by atoms with Gasteiger partial charge in [-0.15, -0.1) is 0 Å². The Labute approximate surface area is 124 Å². The molecule has 1 fully saturated rings. The van der Waals surface area contributed by atoms with E-state index in [4.69, 9.17) is 5.11 Å². The van der Waals surface area contributed by atoms with Gasteiger partial charge in [0.2, 0.25) is 5.91 Å². The van der Waals surface area contributed by atoms with Gasteiger partial charge in [-0.3, -0.25) is 14.3 Å². The summed E-state index contributed by atoms with van der Waals surface area (Å²) in [6.07, 6.45) is 4.66. The number of hydrogen-bond acceptors (Lipinski definition) is 3. The van der Waals surface area contributed by atoms with E-state index in [2.05, 4.69) is 5.10 Å². The standard InChI is InChI=1S/C15H21N3O3/c1-10-13(11(2)17(3)16-10)6-7-14(19)18-8-4-5-12(9-18)15(20)21/h6-7,12H,4-5,8-9H2,1-3H3,(H,20,21)/b7-6+/t12-/m1/s1. The fourth-order valence-electron chi connectivity index (χ4n) is 2.67. The molecule has 6 nitrogen and oxygen atoms in total. The number of carbonyl (C=O) groups is 2. The van der Waals surface area contributed by atoms with Crippen molar-refractivity contribution < 1.29 is 14.7 Å². The van der Waals surface area contributed by atoms with Crippen molar-refractivity contribution in [1.29, 1.82) is 0 Å². The monoisotopic (exact) mass is 291 g/mol. The predicted octanol–water partition coefficient (Wildman–Crippen LogP) is 1.37. The molecule has 21 heavy (non-hydrogen) atoms. The number of aromatic nitrogens is 2. The van der Waals surface area contributed by atoms with Crippen LogP contribution in [0.3, 0.4) is 0 Å². The summed E-state index contributed by atoms with van der Waals surface area (Å²) in [6.45, 7) is 4.77. The molecule has 1 amide bonds. The highest BCUT2D eigenvalue weighted by atomic mass is 16.4. The van der Waals surface area contributed by atoms with Crippen LogP contribution in [0.25, 0.3) is 6.08 Å². The molecule has 1 atom stereocenters. The molecular formula is C15H21N3O3. The van der Waals surface area contributed by atoms with E-state index in [-0.39, 0.29) is 5.91 Å². The predicted molar refractivity (Wildman–Crippen MR) is 78.7 cm³/mol. The van der Waals surface area contributed by atoms with Gasteiger partial charge in [-0.05, 0) is 32.8 Å². The fraction of sp³-hybridized carbons (Fsp3) is 0.533. The molecule has 114 valence electrons. The summed E-state index contributed by atoms with van der Waals surface area (Å²) in [4.78, 5) is 24.8. The number of carboxylic acids is 1. The number of piperidine rings is 1. The molecule has 0 bridgehead atoms. The van der Waals surface area contributed by atoms with Crippen LogP contribution in [0.1, 0.15) is 29.8 Å². The van der Waals surface area contributed by atoms with E-state index in [9.17, 15) is 9.59 Å². The molecular weight excluding hydrogens is 270 g/mol. The lowest BCUT2D eigenvalue weighted by Crippen LogP contribution is -2.41. The molecule has 0 aromatic carbocycles. The van der Waals surface area contributed by atoms with Crippen molar-refractivity contribution in [2.24, 2.45) is 13.0 Å². The molecule has 2 heterocycles. The highest BCUT2D eigenvalue weighted by molar-refractivity contribution is 5.92. The molecule has 1 aromatic heterocycles. The van der Waals surface area contributed by atoms with Crippen LogP contribution >= 0.6 is 0 Å². The molecule has 1 aliphatic rings. The van der Waals surface area contributed by atoms with Crippen molar-refractivity contribution in [2.45, 2.75) is 26.7 Å². The summed E-state index contributed by atoms with van der Waals surface area (Å²) < 4.78 is 1.78. The molecule has 0 spiro atoms. The first-order chi connectivity index (χ1) is 9.90. The number of carbonyl (C=O) groups excluding carboxylic acids is 1. The molecule has 6 heteroatoms. The van der Waals surface area contributed by atoms with Gasteiger partial charge in [-0.25, -0.2) is 0 Å². The third kappa shape index (κ3) is 3.32. The smallest absolute Gasteiger partial charge is 0.308 e. The third-order valence-corrected chi connectivity index (χ3v) is 4.04. The van der Waals surface area contributed by atoms with E-state index in [1.54, 1.807) is 15.7 Å². The lowest BCUT2D eigenvalue weighted by atomic mass is 9.98. The maximum atomic E-state index is 12.2. The molecule has 1 aliphatic heterocycles. The topological polar surface area (TPSA) is 75.4 Å². The summed E-state index contributed by atoms with van der Waals surface area (Å²) in [5.74, 6) is -1.41. The maximum absolute atomic E-state index is 12.2. The Hall–Kier alpha value is -2.11. The largest absolute Gasteiger partial charge is 0.481 e. The maximum Gasteiger partial charge on any atom is 0.308 e. The summed E-state index contributed by atoms with van der Waals surface area (Å²) in [6, 6.07) is 0. The minimum absolute atomic E-state index is 0.136. The van der Waals surface area contributed by atoms with Crippen LogP contribution in [-0.4, -0.2) is 44.8 Å². The highest BCUT2D eigenvalue weighted by Crippen LogP contribution is 2.18. The second-order valence-corrected chi connectivity index (χ2v) is 5.50. The minimum atomic E-state index is -0.824. The number of aliphatic carboxylic acids is 1.